The highest BCUT2D eigenvalue weighted by Crippen LogP contribution is 2.27. The number of anilines is 1. The van der Waals surface area contributed by atoms with Gasteiger partial charge in [-0.15, -0.1) is 0 Å². The number of hydrogen-bond donors (Lipinski definition) is 1. The third-order valence-electron chi connectivity index (χ3n) is 6.88. The molecule has 1 N–H and O–H groups in total. The van der Waals surface area contributed by atoms with Crippen LogP contribution in [0.4, 0.5) is 10.1 Å². The highest BCUT2D eigenvalue weighted by molar-refractivity contribution is 9.10. The zero-order chi connectivity index (χ0) is 31.7. The molecule has 2 amide bonds. The molecule has 4 aromatic carbocycles. The molecular formula is C33H33BrFN3O5S. The lowest BCUT2D eigenvalue weighted by Crippen LogP contribution is -2.53. The maximum atomic E-state index is 14.3. The van der Waals surface area contributed by atoms with Crippen LogP contribution in [0.25, 0.3) is 0 Å². The number of likely N-dealkylation sites (N-methyl/N-ethyl adjacent to an activating group) is 1. The van der Waals surface area contributed by atoms with E-state index >= 15 is 0 Å². The number of hydrogen-bond acceptors (Lipinski definition) is 5. The Balaban J connectivity index is 1.78. The number of nitrogens with zero attached hydrogens (tertiary/aromatic N) is 2. The average molecular weight is 683 g/mol. The van der Waals surface area contributed by atoms with Crippen LogP contribution in [0, 0.1) is 5.82 Å². The maximum absolute atomic E-state index is 14.3. The zero-order valence-corrected chi connectivity index (χ0v) is 26.7. The molecule has 0 fully saturated rings. The van der Waals surface area contributed by atoms with Gasteiger partial charge in [-0.05, 0) is 78.7 Å². The van der Waals surface area contributed by atoms with Gasteiger partial charge in [0.25, 0.3) is 10.0 Å². The van der Waals surface area contributed by atoms with Crippen molar-refractivity contribution in [3.05, 3.63) is 125 Å². The molecule has 44 heavy (non-hydrogen) atoms. The van der Waals surface area contributed by atoms with Crippen LogP contribution in [0.3, 0.4) is 0 Å². The standard InChI is InChI=1S/C33H33BrFN3O5S/c1-3-43-29-16-14-28(15-17-29)38(44(41,42)30-18-12-27(35)13-19-30)23-32(39)37(22-25-10-7-11-26(34)20-25)31(33(40)36-2)21-24-8-5-4-6-9-24/h4-20,31H,3,21-23H2,1-2H3,(H,36,40)/t31-/m0/s1. The van der Waals surface area contributed by atoms with Crippen molar-refractivity contribution in [3.63, 3.8) is 0 Å². The lowest BCUT2D eigenvalue weighted by molar-refractivity contribution is -0.139. The summed E-state index contributed by atoms with van der Waals surface area (Å²) in [6, 6.07) is 26.4. The van der Waals surface area contributed by atoms with Crippen molar-refractivity contribution in [1.82, 2.24) is 10.2 Å². The van der Waals surface area contributed by atoms with Gasteiger partial charge in [0, 0.05) is 24.5 Å². The fraction of sp³-hybridized carbons (Fsp3) is 0.212. The van der Waals surface area contributed by atoms with Crippen molar-refractivity contribution in [1.29, 1.82) is 0 Å². The summed E-state index contributed by atoms with van der Waals surface area (Å²) in [7, 11) is -2.85. The first-order chi connectivity index (χ1) is 21.1. The number of carbonyl (C=O) groups is 2. The van der Waals surface area contributed by atoms with E-state index in [1.807, 2.05) is 61.5 Å². The molecule has 0 radical (unpaired) electrons. The van der Waals surface area contributed by atoms with Gasteiger partial charge in [-0.1, -0.05) is 58.4 Å². The Hall–Kier alpha value is -4.22. The van der Waals surface area contributed by atoms with E-state index in [-0.39, 0.29) is 23.5 Å². The number of benzene rings is 4. The number of nitrogens with one attached hydrogen (secondary N) is 1. The van der Waals surface area contributed by atoms with Crippen LogP contribution in [0.2, 0.25) is 0 Å². The van der Waals surface area contributed by atoms with Crippen LogP contribution in [0.1, 0.15) is 18.1 Å². The van der Waals surface area contributed by atoms with Crippen LogP contribution >= 0.6 is 15.9 Å². The predicted octanol–water partition coefficient (Wildman–Crippen LogP) is 5.57. The van der Waals surface area contributed by atoms with Crippen molar-refractivity contribution in [2.45, 2.75) is 30.8 Å². The van der Waals surface area contributed by atoms with Crippen LogP contribution in [-0.4, -0.2) is 51.4 Å². The summed E-state index contributed by atoms with van der Waals surface area (Å²) < 4.78 is 49.0. The smallest absolute Gasteiger partial charge is 0.264 e. The second-order valence-corrected chi connectivity index (χ2v) is 12.6. The topological polar surface area (TPSA) is 96.0 Å². The Bertz CT molecular complexity index is 1670. The molecule has 0 heterocycles. The molecule has 0 aromatic heterocycles. The maximum Gasteiger partial charge on any atom is 0.264 e. The van der Waals surface area contributed by atoms with Crippen molar-refractivity contribution in [3.8, 4) is 5.75 Å². The van der Waals surface area contributed by atoms with E-state index in [2.05, 4.69) is 21.2 Å². The van der Waals surface area contributed by atoms with Crippen LogP contribution in [0.5, 0.6) is 5.75 Å². The fourth-order valence-corrected chi connectivity index (χ4v) is 6.55. The summed E-state index contributed by atoms with van der Waals surface area (Å²) in [4.78, 5) is 28.9. The van der Waals surface area contributed by atoms with Crippen LogP contribution < -0.4 is 14.4 Å². The molecule has 0 spiro atoms. The predicted molar refractivity (Wildman–Crippen MR) is 171 cm³/mol. The van der Waals surface area contributed by atoms with Crippen molar-refractivity contribution >= 4 is 43.5 Å². The molecule has 0 aliphatic rings. The molecule has 11 heteroatoms. The number of sulfonamides is 1. The van der Waals surface area contributed by atoms with Crippen LogP contribution in [0.15, 0.2) is 112 Å². The number of ether oxygens (including phenoxy) is 1. The molecule has 0 aliphatic heterocycles. The summed E-state index contributed by atoms with van der Waals surface area (Å²) >= 11 is 3.46. The second kappa shape index (κ2) is 15.0. The van der Waals surface area contributed by atoms with E-state index in [1.165, 1.54) is 24.1 Å². The van der Waals surface area contributed by atoms with Crippen molar-refractivity contribution in [2.24, 2.45) is 0 Å². The van der Waals surface area contributed by atoms with Gasteiger partial charge in [-0.2, -0.15) is 0 Å². The molecule has 0 saturated heterocycles. The molecule has 0 unspecified atom stereocenters. The van der Waals surface area contributed by atoms with Gasteiger partial charge < -0.3 is 15.0 Å². The molecular weight excluding hydrogens is 649 g/mol. The molecule has 230 valence electrons. The largest absolute Gasteiger partial charge is 0.494 e. The Morgan fingerprint density at radius 3 is 2.18 bits per heavy atom. The quantitative estimate of drug-likeness (QED) is 0.199. The average Bonchev–Trinajstić information content (AvgIpc) is 3.02. The molecule has 4 rings (SSSR count). The molecule has 4 aromatic rings. The first-order valence-corrected chi connectivity index (χ1v) is 16.2. The summed E-state index contributed by atoms with van der Waals surface area (Å²) in [5.74, 6) is -1.07. The molecule has 0 saturated carbocycles. The van der Waals surface area contributed by atoms with Gasteiger partial charge in [0.2, 0.25) is 11.8 Å². The lowest BCUT2D eigenvalue weighted by atomic mass is 10.0. The highest BCUT2D eigenvalue weighted by Gasteiger charge is 2.34. The Morgan fingerprint density at radius 1 is 0.909 bits per heavy atom. The fourth-order valence-electron chi connectivity index (χ4n) is 4.69. The minimum atomic E-state index is -4.34. The number of amides is 2. The van der Waals surface area contributed by atoms with E-state index in [0.717, 1.165) is 44.2 Å². The lowest BCUT2D eigenvalue weighted by Gasteiger charge is -2.33. The molecule has 1 atom stereocenters. The molecule has 0 aliphatic carbocycles. The van der Waals surface area contributed by atoms with E-state index < -0.39 is 40.2 Å². The number of rotatable bonds is 13. The summed E-state index contributed by atoms with van der Waals surface area (Å²) in [5, 5.41) is 2.66. The normalized spacial score (nSPS) is 11.8. The Morgan fingerprint density at radius 2 is 1.57 bits per heavy atom. The van der Waals surface area contributed by atoms with Crippen LogP contribution in [-0.2, 0) is 32.6 Å². The number of carbonyl (C=O) groups excluding carboxylic acids is 2. The minimum absolute atomic E-state index is 0.0386. The minimum Gasteiger partial charge on any atom is -0.494 e. The number of halogens is 2. The van der Waals surface area contributed by atoms with Gasteiger partial charge in [0.1, 0.15) is 24.2 Å². The molecule has 0 bridgehead atoms. The Labute approximate surface area is 265 Å². The zero-order valence-electron chi connectivity index (χ0n) is 24.3. The SMILES string of the molecule is CCOc1ccc(N(CC(=O)N(Cc2cccc(Br)c2)[C@@H](Cc2ccccc2)C(=O)NC)S(=O)(=O)c2ccc(F)cc2)cc1. The Kier molecular flexibility index (Phi) is 11.1. The molecule has 8 nitrogen and oxygen atoms in total. The first-order valence-electron chi connectivity index (χ1n) is 13.9. The van der Waals surface area contributed by atoms with Gasteiger partial charge in [0.05, 0.1) is 17.2 Å². The van der Waals surface area contributed by atoms with E-state index in [9.17, 15) is 22.4 Å². The van der Waals surface area contributed by atoms with Gasteiger partial charge in [-0.3, -0.25) is 13.9 Å². The van der Waals surface area contributed by atoms with E-state index in [0.29, 0.717) is 12.4 Å². The highest BCUT2D eigenvalue weighted by atomic mass is 79.9. The third-order valence-corrected chi connectivity index (χ3v) is 9.16. The summed E-state index contributed by atoms with van der Waals surface area (Å²) in [6.07, 6.45) is 0.202. The van der Waals surface area contributed by atoms with Crippen molar-refractivity contribution in [2.75, 3.05) is 24.5 Å². The monoisotopic (exact) mass is 681 g/mol. The first kappa shape index (κ1) is 32.7. The van der Waals surface area contributed by atoms with Gasteiger partial charge in [0.15, 0.2) is 0 Å². The second-order valence-electron chi connectivity index (χ2n) is 9.86. The summed E-state index contributed by atoms with van der Waals surface area (Å²) in [6.45, 7) is 1.67. The van der Waals surface area contributed by atoms with Gasteiger partial charge >= 0.3 is 0 Å². The van der Waals surface area contributed by atoms with Crippen molar-refractivity contribution < 1.29 is 27.1 Å². The third kappa shape index (κ3) is 8.23. The van der Waals surface area contributed by atoms with Gasteiger partial charge in [-0.25, -0.2) is 12.8 Å². The van der Waals surface area contributed by atoms with E-state index in [1.54, 1.807) is 12.1 Å². The van der Waals surface area contributed by atoms with E-state index in [4.69, 9.17) is 4.74 Å². The summed E-state index contributed by atoms with van der Waals surface area (Å²) in [5.41, 5.74) is 1.77.